The van der Waals surface area contributed by atoms with E-state index in [0.717, 1.165) is 30.3 Å². The lowest BCUT2D eigenvalue weighted by Crippen LogP contribution is -2.25. The number of hydrogen-bond acceptors (Lipinski definition) is 4. The Morgan fingerprint density at radius 3 is 2.55 bits per heavy atom. The fourth-order valence-corrected chi connectivity index (χ4v) is 2.42. The summed E-state index contributed by atoms with van der Waals surface area (Å²) in [4.78, 5) is 2.47. The van der Waals surface area contributed by atoms with Gasteiger partial charge in [0, 0.05) is 25.2 Å². The largest absolute Gasteiger partial charge is 0.497 e. The topological polar surface area (TPSA) is 38.5 Å². The van der Waals surface area contributed by atoms with Gasteiger partial charge in [-0.1, -0.05) is 17.3 Å². The van der Waals surface area contributed by atoms with Crippen LogP contribution in [0.2, 0.25) is 0 Å². The van der Waals surface area contributed by atoms with E-state index in [9.17, 15) is 0 Å². The lowest BCUT2D eigenvalue weighted by molar-refractivity contribution is 0.237. The van der Waals surface area contributed by atoms with Gasteiger partial charge >= 0.3 is 0 Å². The number of hydrogen-bond donors (Lipinski definition) is 0. The van der Waals surface area contributed by atoms with Gasteiger partial charge in [-0.25, -0.2) is 0 Å². The Kier molecular flexibility index (Phi) is 3.74. The van der Waals surface area contributed by atoms with Crippen LogP contribution in [-0.2, 0) is 13.1 Å². The van der Waals surface area contributed by atoms with Crippen LogP contribution in [0, 0.1) is 6.92 Å². The average molecular weight is 272 g/mol. The van der Waals surface area contributed by atoms with Gasteiger partial charge in [-0.3, -0.25) is 4.90 Å². The first kappa shape index (κ1) is 13.2. The van der Waals surface area contributed by atoms with E-state index in [1.807, 2.05) is 25.1 Å². The van der Waals surface area contributed by atoms with Gasteiger partial charge in [0.1, 0.15) is 11.5 Å². The molecule has 1 aliphatic rings. The molecule has 20 heavy (non-hydrogen) atoms. The van der Waals surface area contributed by atoms with Crippen LogP contribution in [0.15, 0.2) is 34.9 Å². The maximum atomic E-state index is 5.20. The molecule has 1 fully saturated rings. The average Bonchev–Trinajstić information content (AvgIpc) is 3.23. The minimum Gasteiger partial charge on any atom is -0.497 e. The summed E-state index contributed by atoms with van der Waals surface area (Å²) in [5.74, 6) is 1.78. The van der Waals surface area contributed by atoms with E-state index < -0.39 is 0 Å². The Morgan fingerprint density at radius 1 is 1.25 bits per heavy atom. The van der Waals surface area contributed by atoms with Crippen molar-refractivity contribution in [2.45, 2.75) is 38.9 Å². The summed E-state index contributed by atoms with van der Waals surface area (Å²) < 4.78 is 10.3. The SMILES string of the molecule is COc1ccc(CN(Cc2cc(C)on2)C2CC2)cc1. The van der Waals surface area contributed by atoms with Crippen molar-refractivity contribution in [3.05, 3.63) is 47.3 Å². The molecule has 0 radical (unpaired) electrons. The molecule has 2 aromatic rings. The number of ether oxygens (including phenoxy) is 1. The number of benzene rings is 1. The Labute approximate surface area is 119 Å². The zero-order valence-corrected chi connectivity index (χ0v) is 12.0. The second kappa shape index (κ2) is 5.67. The van der Waals surface area contributed by atoms with Crippen LogP contribution in [0.3, 0.4) is 0 Å². The van der Waals surface area contributed by atoms with E-state index >= 15 is 0 Å². The minimum atomic E-state index is 0.689. The third-order valence-electron chi connectivity index (χ3n) is 3.65. The van der Waals surface area contributed by atoms with Crippen LogP contribution in [0.25, 0.3) is 0 Å². The molecule has 1 saturated carbocycles. The van der Waals surface area contributed by atoms with Crippen LogP contribution in [0.5, 0.6) is 5.75 Å². The molecule has 0 spiro atoms. The van der Waals surface area contributed by atoms with Crippen molar-refractivity contribution in [2.24, 2.45) is 0 Å². The Hall–Kier alpha value is -1.81. The molecule has 0 atom stereocenters. The number of aryl methyl sites for hydroxylation is 1. The molecule has 1 aromatic heterocycles. The number of rotatable bonds is 6. The normalized spacial score (nSPS) is 14.8. The summed E-state index contributed by atoms with van der Waals surface area (Å²) in [5, 5.41) is 4.10. The summed E-state index contributed by atoms with van der Waals surface area (Å²) in [6.45, 7) is 3.73. The second-order valence-corrected chi connectivity index (χ2v) is 5.41. The molecule has 0 amide bonds. The second-order valence-electron chi connectivity index (χ2n) is 5.41. The third-order valence-corrected chi connectivity index (χ3v) is 3.65. The predicted octanol–water partition coefficient (Wildman–Crippen LogP) is 3.16. The molecule has 0 unspecified atom stereocenters. The van der Waals surface area contributed by atoms with Crippen LogP contribution in [-0.4, -0.2) is 23.2 Å². The van der Waals surface area contributed by atoms with E-state index in [1.165, 1.54) is 18.4 Å². The molecule has 1 heterocycles. The Balaban J connectivity index is 1.67. The standard InChI is InChI=1S/C16H20N2O2/c1-12-9-14(17-20-12)11-18(15-5-6-15)10-13-3-7-16(19-2)8-4-13/h3-4,7-9,15H,5-6,10-11H2,1-2H3. The first-order valence-corrected chi connectivity index (χ1v) is 7.04. The highest BCUT2D eigenvalue weighted by Gasteiger charge is 2.29. The molecule has 1 aliphatic carbocycles. The van der Waals surface area contributed by atoms with Crippen molar-refractivity contribution in [1.82, 2.24) is 10.1 Å². The summed E-state index contributed by atoms with van der Waals surface area (Å²) in [6, 6.07) is 11.0. The van der Waals surface area contributed by atoms with Crippen molar-refractivity contribution in [3.8, 4) is 5.75 Å². The van der Waals surface area contributed by atoms with Crippen LogP contribution >= 0.6 is 0 Å². The van der Waals surface area contributed by atoms with Crippen molar-refractivity contribution in [2.75, 3.05) is 7.11 Å². The lowest BCUT2D eigenvalue weighted by Gasteiger charge is -2.20. The molecule has 0 aliphatic heterocycles. The van der Waals surface area contributed by atoms with Crippen molar-refractivity contribution >= 4 is 0 Å². The molecule has 0 saturated heterocycles. The first-order chi connectivity index (χ1) is 9.74. The number of nitrogens with zero attached hydrogens (tertiary/aromatic N) is 2. The van der Waals surface area contributed by atoms with Gasteiger partial charge in [0.15, 0.2) is 0 Å². The van der Waals surface area contributed by atoms with E-state index in [4.69, 9.17) is 9.26 Å². The minimum absolute atomic E-state index is 0.689. The summed E-state index contributed by atoms with van der Waals surface area (Å²) in [7, 11) is 1.69. The van der Waals surface area contributed by atoms with E-state index in [0.29, 0.717) is 6.04 Å². The molecule has 4 heteroatoms. The highest BCUT2D eigenvalue weighted by Crippen LogP contribution is 2.30. The quantitative estimate of drug-likeness (QED) is 0.809. The summed E-state index contributed by atoms with van der Waals surface area (Å²) in [6.07, 6.45) is 2.57. The van der Waals surface area contributed by atoms with Gasteiger partial charge in [0.2, 0.25) is 0 Å². The number of methoxy groups -OCH3 is 1. The molecule has 4 nitrogen and oxygen atoms in total. The van der Waals surface area contributed by atoms with Gasteiger partial charge in [0.05, 0.1) is 12.8 Å². The molecule has 3 rings (SSSR count). The first-order valence-electron chi connectivity index (χ1n) is 7.04. The lowest BCUT2D eigenvalue weighted by atomic mass is 10.2. The van der Waals surface area contributed by atoms with Crippen molar-refractivity contribution < 1.29 is 9.26 Å². The Bertz CT molecular complexity index is 558. The maximum Gasteiger partial charge on any atom is 0.133 e. The molecule has 106 valence electrons. The van der Waals surface area contributed by atoms with Gasteiger partial charge in [-0.05, 0) is 37.5 Å². The van der Waals surface area contributed by atoms with Gasteiger partial charge < -0.3 is 9.26 Å². The van der Waals surface area contributed by atoms with Crippen LogP contribution in [0.1, 0.15) is 29.9 Å². The molecule has 1 aromatic carbocycles. The van der Waals surface area contributed by atoms with E-state index in [-0.39, 0.29) is 0 Å². The third kappa shape index (κ3) is 3.20. The van der Waals surface area contributed by atoms with Crippen LogP contribution in [0.4, 0.5) is 0 Å². The zero-order chi connectivity index (χ0) is 13.9. The molecule has 0 N–H and O–H groups in total. The Morgan fingerprint density at radius 2 is 2.00 bits per heavy atom. The smallest absolute Gasteiger partial charge is 0.133 e. The maximum absolute atomic E-state index is 5.20. The fourth-order valence-electron chi connectivity index (χ4n) is 2.42. The highest BCUT2D eigenvalue weighted by atomic mass is 16.5. The fraction of sp³-hybridized carbons (Fsp3) is 0.438. The van der Waals surface area contributed by atoms with E-state index in [2.05, 4.69) is 22.2 Å². The summed E-state index contributed by atoms with van der Waals surface area (Å²) in [5.41, 5.74) is 2.32. The molecular weight excluding hydrogens is 252 g/mol. The highest BCUT2D eigenvalue weighted by molar-refractivity contribution is 5.27. The van der Waals surface area contributed by atoms with E-state index in [1.54, 1.807) is 7.11 Å². The molecular formula is C16H20N2O2. The predicted molar refractivity (Wildman–Crippen MR) is 76.5 cm³/mol. The van der Waals surface area contributed by atoms with Gasteiger partial charge in [-0.15, -0.1) is 0 Å². The number of aromatic nitrogens is 1. The summed E-state index contributed by atoms with van der Waals surface area (Å²) >= 11 is 0. The van der Waals surface area contributed by atoms with Crippen molar-refractivity contribution in [3.63, 3.8) is 0 Å². The zero-order valence-electron chi connectivity index (χ0n) is 12.0. The monoisotopic (exact) mass is 272 g/mol. The van der Waals surface area contributed by atoms with Crippen molar-refractivity contribution in [1.29, 1.82) is 0 Å². The molecule has 0 bridgehead atoms. The van der Waals surface area contributed by atoms with Gasteiger partial charge in [-0.2, -0.15) is 0 Å². The van der Waals surface area contributed by atoms with Crippen LogP contribution < -0.4 is 4.74 Å². The van der Waals surface area contributed by atoms with Gasteiger partial charge in [0.25, 0.3) is 0 Å².